The number of benzene rings is 1. The van der Waals surface area contributed by atoms with E-state index in [0.717, 1.165) is 16.9 Å². The molecule has 0 radical (unpaired) electrons. The normalized spacial score (nSPS) is 21.1. The lowest BCUT2D eigenvalue weighted by Crippen LogP contribution is -2.46. The minimum Gasteiger partial charge on any atom is -0.326 e. The smallest absolute Gasteiger partial charge is 0.164 e. The largest absolute Gasteiger partial charge is 0.326 e. The van der Waals surface area contributed by atoms with E-state index in [-0.39, 0.29) is 12.4 Å². The summed E-state index contributed by atoms with van der Waals surface area (Å²) >= 11 is 1.65. The lowest BCUT2D eigenvalue weighted by atomic mass is 10.1. The van der Waals surface area contributed by atoms with Gasteiger partial charge in [-0.25, -0.2) is 12.8 Å². The molecule has 1 aromatic rings. The number of hydrogen-bond donors (Lipinski definition) is 1. The summed E-state index contributed by atoms with van der Waals surface area (Å²) in [5.41, 5.74) is 7.27. The molecule has 20 heavy (non-hydrogen) atoms. The molecule has 2 rings (SSSR count). The second-order valence-corrected chi connectivity index (χ2v) is 8.30. The van der Waals surface area contributed by atoms with E-state index in [0.29, 0.717) is 18.8 Å². The lowest BCUT2D eigenvalue weighted by Gasteiger charge is -2.34. The Labute approximate surface area is 123 Å². The Morgan fingerprint density at radius 2 is 2.20 bits per heavy atom. The van der Waals surface area contributed by atoms with Gasteiger partial charge in [-0.3, -0.25) is 4.90 Å². The SMILES string of the molecule is CS(=O)(=O)C1CSCCN1Cc1ccc(F)cc1CN. The molecule has 1 aliphatic rings. The van der Waals surface area contributed by atoms with Gasteiger partial charge in [0.1, 0.15) is 11.2 Å². The fourth-order valence-electron chi connectivity index (χ4n) is 2.35. The number of thioether (sulfide) groups is 1. The average molecular weight is 318 g/mol. The van der Waals surface area contributed by atoms with Crippen LogP contribution in [0.3, 0.4) is 0 Å². The highest BCUT2D eigenvalue weighted by molar-refractivity contribution is 8.00. The molecule has 1 aliphatic heterocycles. The van der Waals surface area contributed by atoms with Crippen molar-refractivity contribution in [2.45, 2.75) is 18.5 Å². The zero-order chi connectivity index (χ0) is 14.8. The molecule has 1 atom stereocenters. The summed E-state index contributed by atoms with van der Waals surface area (Å²) in [4.78, 5) is 1.94. The number of nitrogens with two attached hydrogens (primary N) is 1. The van der Waals surface area contributed by atoms with Gasteiger partial charge >= 0.3 is 0 Å². The van der Waals surface area contributed by atoms with E-state index >= 15 is 0 Å². The Morgan fingerprint density at radius 1 is 1.45 bits per heavy atom. The minimum absolute atomic E-state index is 0.249. The summed E-state index contributed by atoms with van der Waals surface area (Å²) in [5, 5.41) is -0.475. The molecule has 0 aromatic heterocycles. The van der Waals surface area contributed by atoms with E-state index in [1.54, 1.807) is 17.8 Å². The van der Waals surface area contributed by atoms with Gasteiger partial charge in [0.25, 0.3) is 0 Å². The standard InChI is InChI=1S/C13H19FN2O2S2/c1-20(17,18)13-9-19-5-4-16(13)8-10-2-3-12(14)6-11(10)7-15/h2-3,6,13H,4-5,7-9,15H2,1H3. The maximum Gasteiger partial charge on any atom is 0.164 e. The van der Waals surface area contributed by atoms with Crippen LogP contribution < -0.4 is 5.73 Å². The first-order valence-corrected chi connectivity index (χ1v) is 9.51. The third kappa shape index (κ3) is 3.72. The molecule has 4 nitrogen and oxygen atoms in total. The van der Waals surface area contributed by atoms with E-state index < -0.39 is 15.2 Å². The first-order valence-electron chi connectivity index (χ1n) is 6.40. The maximum atomic E-state index is 13.2. The molecule has 1 aromatic carbocycles. The molecule has 112 valence electrons. The van der Waals surface area contributed by atoms with Gasteiger partial charge in [-0.1, -0.05) is 6.07 Å². The lowest BCUT2D eigenvalue weighted by molar-refractivity contribution is 0.261. The molecule has 1 heterocycles. The van der Waals surface area contributed by atoms with Crippen LogP contribution in [0.4, 0.5) is 4.39 Å². The second-order valence-electron chi connectivity index (χ2n) is 4.95. The molecule has 1 saturated heterocycles. The topological polar surface area (TPSA) is 63.4 Å². The van der Waals surface area contributed by atoms with Crippen LogP contribution in [-0.4, -0.2) is 43.0 Å². The summed E-state index contributed by atoms with van der Waals surface area (Å²) in [7, 11) is -3.12. The number of rotatable bonds is 4. The second kappa shape index (κ2) is 6.43. The van der Waals surface area contributed by atoms with Crippen LogP contribution in [-0.2, 0) is 22.9 Å². The van der Waals surface area contributed by atoms with Crippen molar-refractivity contribution in [1.29, 1.82) is 0 Å². The number of sulfone groups is 1. The van der Waals surface area contributed by atoms with Crippen LogP contribution in [0.25, 0.3) is 0 Å². The van der Waals surface area contributed by atoms with E-state index in [1.807, 2.05) is 4.90 Å². The van der Waals surface area contributed by atoms with Crippen LogP contribution in [0, 0.1) is 5.82 Å². The summed E-state index contributed by atoms with van der Waals surface area (Å²) in [6.45, 7) is 1.45. The van der Waals surface area contributed by atoms with Gasteiger partial charge in [-0.15, -0.1) is 0 Å². The molecular weight excluding hydrogens is 299 g/mol. The van der Waals surface area contributed by atoms with Crippen molar-refractivity contribution >= 4 is 21.6 Å². The fourth-order valence-corrected chi connectivity index (χ4v) is 5.29. The van der Waals surface area contributed by atoms with Crippen molar-refractivity contribution in [2.24, 2.45) is 5.73 Å². The first-order chi connectivity index (χ1) is 9.41. The summed E-state index contributed by atoms with van der Waals surface area (Å²) < 4.78 is 36.9. The Bertz CT molecular complexity index is 578. The molecule has 7 heteroatoms. The van der Waals surface area contributed by atoms with Gasteiger partial charge < -0.3 is 5.73 Å². The number of hydrogen-bond acceptors (Lipinski definition) is 5. The third-order valence-electron chi connectivity index (χ3n) is 3.45. The molecule has 1 unspecified atom stereocenters. The molecule has 0 bridgehead atoms. The maximum absolute atomic E-state index is 13.2. The van der Waals surface area contributed by atoms with Crippen molar-refractivity contribution in [3.63, 3.8) is 0 Å². The Hall–Kier alpha value is -0.630. The van der Waals surface area contributed by atoms with Gasteiger partial charge in [-0.05, 0) is 23.3 Å². The van der Waals surface area contributed by atoms with E-state index in [1.165, 1.54) is 18.4 Å². The monoisotopic (exact) mass is 318 g/mol. The molecule has 0 saturated carbocycles. The van der Waals surface area contributed by atoms with Gasteiger partial charge in [0.05, 0.1) is 0 Å². The summed E-state index contributed by atoms with van der Waals surface area (Å²) in [5.74, 6) is 1.17. The molecule has 0 amide bonds. The number of halogens is 1. The van der Waals surface area contributed by atoms with Crippen molar-refractivity contribution in [3.05, 3.63) is 35.1 Å². The average Bonchev–Trinajstić information content (AvgIpc) is 2.40. The van der Waals surface area contributed by atoms with Crippen molar-refractivity contribution in [3.8, 4) is 0 Å². The van der Waals surface area contributed by atoms with Crippen LogP contribution >= 0.6 is 11.8 Å². The molecular formula is C13H19FN2O2S2. The first kappa shape index (κ1) is 15.8. The van der Waals surface area contributed by atoms with E-state index in [4.69, 9.17) is 5.73 Å². The molecule has 2 N–H and O–H groups in total. The van der Waals surface area contributed by atoms with E-state index in [9.17, 15) is 12.8 Å². The van der Waals surface area contributed by atoms with Gasteiger partial charge in [0, 0.05) is 37.4 Å². The highest BCUT2D eigenvalue weighted by atomic mass is 32.2. The van der Waals surface area contributed by atoms with Crippen LogP contribution in [0.15, 0.2) is 18.2 Å². The Morgan fingerprint density at radius 3 is 2.85 bits per heavy atom. The molecule has 0 spiro atoms. The number of nitrogens with zero attached hydrogens (tertiary/aromatic N) is 1. The highest BCUT2D eigenvalue weighted by Crippen LogP contribution is 2.23. The van der Waals surface area contributed by atoms with Gasteiger partial charge in [0.2, 0.25) is 0 Å². The van der Waals surface area contributed by atoms with Gasteiger partial charge in [0.15, 0.2) is 9.84 Å². The van der Waals surface area contributed by atoms with Crippen LogP contribution in [0.1, 0.15) is 11.1 Å². The zero-order valence-electron chi connectivity index (χ0n) is 11.4. The third-order valence-corrected chi connectivity index (χ3v) is 6.13. The van der Waals surface area contributed by atoms with Gasteiger partial charge in [-0.2, -0.15) is 11.8 Å². The fraction of sp³-hybridized carbons (Fsp3) is 0.538. The highest BCUT2D eigenvalue weighted by Gasteiger charge is 2.31. The predicted octanol–water partition coefficient (Wildman–Crippen LogP) is 1.20. The summed E-state index contributed by atoms with van der Waals surface area (Å²) in [6, 6.07) is 4.50. The molecule has 1 fully saturated rings. The van der Waals surface area contributed by atoms with Crippen LogP contribution in [0.2, 0.25) is 0 Å². The predicted molar refractivity (Wildman–Crippen MR) is 80.7 cm³/mol. The zero-order valence-corrected chi connectivity index (χ0v) is 13.0. The van der Waals surface area contributed by atoms with Crippen molar-refractivity contribution in [2.75, 3.05) is 24.3 Å². The van der Waals surface area contributed by atoms with Crippen LogP contribution in [0.5, 0.6) is 0 Å². The Kier molecular flexibility index (Phi) is 5.06. The molecule has 0 aliphatic carbocycles. The quantitative estimate of drug-likeness (QED) is 0.904. The minimum atomic E-state index is -3.12. The van der Waals surface area contributed by atoms with Crippen molar-refractivity contribution in [1.82, 2.24) is 4.90 Å². The van der Waals surface area contributed by atoms with Crippen molar-refractivity contribution < 1.29 is 12.8 Å². The summed E-state index contributed by atoms with van der Waals surface area (Å²) in [6.07, 6.45) is 1.27. The Balaban J connectivity index is 2.23. The van der Waals surface area contributed by atoms with E-state index in [2.05, 4.69) is 0 Å².